The lowest BCUT2D eigenvalue weighted by Gasteiger charge is -2.32. The Morgan fingerprint density at radius 1 is 1.03 bits per heavy atom. The fourth-order valence-corrected chi connectivity index (χ4v) is 4.50. The van der Waals surface area contributed by atoms with Gasteiger partial charge in [-0.1, -0.05) is 31.2 Å². The number of piperidine rings is 1. The van der Waals surface area contributed by atoms with Crippen LogP contribution in [0.15, 0.2) is 30.3 Å². The highest BCUT2D eigenvalue weighted by Gasteiger charge is 2.25. The number of fused-ring (bicyclic) bond motifs is 1. The molecule has 0 unspecified atom stereocenters. The fraction of sp³-hybridized carbons (Fsp3) is 0.500. The van der Waals surface area contributed by atoms with Crippen molar-refractivity contribution in [1.82, 2.24) is 15.3 Å². The maximum absolute atomic E-state index is 5.48. The Labute approximate surface area is 177 Å². The summed E-state index contributed by atoms with van der Waals surface area (Å²) < 4.78 is 0. The van der Waals surface area contributed by atoms with Crippen molar-refractivity contribution in [3.05, 3.63) is 41.5 Å². The molecule has 2 N–H and O–H groups in total. The zero-order valence-electron chi connectivity index (χ0n) is 16.9. The van der Waals surface area contributed by atoms with Gasteiger partial charge >= 0.3 is 0 Å². The zero-order chi connectivity index (χ0) is 19.8. The molecule has 1 aromatic carbocycles. The first kappa shape index (κ1) is 18.6. The van der Waals surface area contributed by atoms with Gasteiger partial charge in [0.05, 0.1) is 0 Å². The number of anilines is 3. The lowest BCUT2D eigenvalue weighted by Crippen LogP contribution is -2.36. The minimum atomic E-state index is 0.508. The lowest BCUT2D eigenvalue weighted by molar-refractivity contribution is 0.444. The molecule has 3 aliphatic rings. The number of nitrogens with zero attached hydrogens (tertiary/aromatic N) is 4. The molecular weight excluding hydrogens is 380 g/mol. The van der Waals surface area contributed by atoms with Gasteiger partial charge in [-0.15, -0.1) is 0 Å². The van der Waals surface area contributed by atoms with Crippen molar-refractivity contribution < 1.29 is 0 Å². The van der Waals surface area contributed by atoms with Crippen LogP contribution in [0.5, 0.6) is 0 Å². The Morgan fingerprint density at radius 3 is 2.38 bits per heavy atom. The highest BCUT2D eigenvalue weighted by atomic mass is 32.1. The average molecular weight is 409 g/mol. The van der Waals surface area contributed by atoms with E-state index in [0.29, 0.717) is 23.0 Å². The number of hydrogen-bond donors (Lipinski definition) is 2. The molecule has 6 nitrogen and oxygen atoms in total. The fourth-order valence-electron chi connectivity index (χ4n) is 4.25. The molecule has 1 saturated heterocycles. The van der Waals surface area contributed by atoms with Gasteiger partial charge in [-0.05, 0) is 54.9 Å². The van der Waals surface area contributed by atoms with Crippen LogP contribution in [0, 0.1) is 5.92 Å². The standard InChI is InChI=1S/C22H28N6S/c1-15-5-4-10-27(12-15)19-11-20(28-13-16-6-2-3-7-17(16)14-28)25-21(24-19)26-22(29)23-18-8-9-18/h2-3,6-7,11,15,18H,4-5,8-10,12-14H2,1H3,(H2,23,24,25,26,29)/t15-/m1/s1. The van der Waals surface area contributed by atoms with Gasteiger partial charge in [0.15, 0.2) is 5.11 Å². The summed E-state index contributed by atoms with van der Waals surface area (Å²) in [6.07, 6.45) is 4.87. The first-order chi connectivity index (χ1) is 14.1. The molecular formula is C22H28N6S. The predicted molar refractivity (Wildman–Crippen MR) is 121 cm³/mol. The van der Waals surface area contributed by atoms with Crippen molar-refractivity contribution in [2.24, 2.45) is 5.92 Å². The Bertz CT molecular complexity index is 887. The van der Waals surface area contributed by atoms with Crippen LogP contribution in [0.25, 0.3) is 0 Å². The average Bonchev–Trinajstić information content (AvgIpc) is 3.41. The molecule has 1 aromatic heterocycles. The molecule has 2 aliphatic heterocycles. The zero-order valence-corrected chi connectivity index (χ0v) is 17.7. The molecule has 0 amide bonds. The second-order valence-electron chi connectivity index (χ2n) is 8.60. The molecule has 0 radical (unpaired) electrons. The van der Waals surface area contributed by atoms with E-state index in [9.17, 15) is 0 Å². The largest absolute Gasteiger partial charge is 0.360 e. The molecule has 3 heterocycles. The second kappa shape index (κ2) is 7.78. The van der Waals surface area contributed by atoms with Crippen LogP contribution in [0.4, 0.5) is 17.6 Å². The Hall–Kier alpha value is -2.41. The molecule has 7 heteroatoms. The predicted octanol–water partition coefficient (Wildman–Crippen LogP) is 3.68. The first-order valence-electron chi connectivity index (χ1n) is 10.7. The first-order valence-corrected chi connectivity index (χ1v) is 11.1. The smallest absolute Gasteiger partial charge is 0.232 e. The van der Waals surface area contributed by atoms with Gasteiger partial charge in [-0.2, -0.15) is 9.97 Å². The van der Waals surface area contributed by atoms with Crippen molar-refractivity contribution >= 4 is 34.9 Å². The molecule has 0 bridgehead atoms. The maximum Gasteiger partial charge on any atom is 0.232 e. The van der Waals surface area contributed by atoms with Crippen molar-refractivity contribution in [2.75, 3.05) is 28.2 Å². The number of thiocarbonyl (C=S) groups is 1. The SMILES string of the molecule is C[C@@H]1CCCN(c2cc(N3Cc4ccccc4C3)nc(NC(=S)NC3CC3)n2)C1. The number of nitrogens with one attached hydrogen (secondary N) is 2. The normalized spacial score (nSPS) is 21.1. The highest BCUT2D eigenvalue weighted by molar-refractivity contribution is 7.80. The summed E-state index contributed by atoms with van der Waals surface area (Å²) in [7, 11) is 0. The lowest BCUT2D eigenvalue weighted by atomic mass is 10.0. The van der Waals surface area contributed by atoms with E-state index in [4.69, 9.17) is 22.2 Å². The van der Waals surface area contributed by atoms with E-state index in [2.05, 4.69) is 57.7 Å². The quantitative estimate of drug-likeness (QED) is 0.749. The van der Waals surface area contributed by atoms with Crippen molar-refractivity contribution in [1.29, 1.82) is 0 Å². The van der Waals surface area contributed by atoms with Gasteiger partial charge in [-0.25, -0.2) is 0 Å². The van der Waals surface area contributed by atoms with E-state index in [0.717, 1.165) is 37.8 Å². The van der Waals surface area contributed by atoms with Crippen LogP contribution in [-0.2, 0) is 13.1 Å². The third-order valence-corrected chi connectivity index (χ3v) is 6.20. The van der Waals surface area contributed by atoms with E-state index in [1.807, 2.05) is 0 Å². The van der Waals surface area contributed by atoms with Crippen molar-refractivity contribution in [3.8, 4) is 0 Å². The molecule has 1 atom stereocenters. The third kappa shape index (κ3) is 4.29. The summed E-state index contributed by atoms with van der Waals surface area (Å²) in [6, 6.07) is 11.3. The highest BCUT2D eigenvalue weighted by Crippen LogP contribution is 2.31. The van der Waals surface area contributed by atoms with Gasteiger partial charge in [0.1, 0.15) is 11.6 Å². The van der Waals surface area contributed by atoms with Crippen LogP contribution in [0.1, 0.15) is 43.7 Å². The summed E-state index contributed by atoms with van der Waals surface area (Å²) in [5.41, 5.74) is 2.75. The van der Waals surface area contributed by atoms with Gasteiger partial charge in [0.2, 0.25) is 5.95 Å². The van der Waals surface area contributed by atoms with Crippen molar-refractivity contribution in [3.63, 3.8) is 0 Å². The Kier molecular flexibility index (Phi) is 4.99. The van der Waals surface area contributed by atoms with E-state index in [1.54, 1.807) is 0 Å². The van der Waals surface area contributed by atoms with E-state index in [-0.39, 0.29) is 0 Å². The number of aromatic nitrogens is 2. The van der Waals surface area contributed by atoms with E-state index in [1.165, 1.54) is 36.8 Å². The summed E-state index contributed by atoms with van der Waals surface area (Å²) >= 11 is 5.48. The summed E-state index contributed by atoms with van der Waals surface area (Å²) in [5, 5.41) is 7.18. The maximum atomic E-state index is 5.48. The number of hydrogen-bond acceptors (Lipinski definition) is 5. The van der Waals surface area contributed by atoms with Crippen LogP contribution >= 0.6 is 12.2 Å². The monoisotopic (exact) mass is 408 g/mol. The Balaban J connectivity index is 1.42. The third-order valence-electron chi connectivity index (χ3n) is 5.98. The van der Waals surface area contributed by atoms with Gasteiger partial charge < -0.3 is 20.4 Å². The van der Waals surface area contributed by atoms with Crippen molar-refractivity contribution in [2.45, 2.75) is 51.7 Å². The van der Waals surface area contributed by atoms with Crippen LogP contribution in [0.2, 0.25) is 0 Å². The summed E-state index contributed by atoms with van der Waals surface area (Å²) in [4.78, 5) is 14.4. The molecule has 2 aromatic rings. The molecule has 152 valence electrons. The second-order valence-corrected chi connectivity index (χ2v) is 9.01. The van der Waals surface area contributed by atoms with Crippen LogP contribution in [-0.4, -0.2) is 34.2 Å². The van der Waals surface area contributed by atoms with E-state index >= 15 is 0 Å². The number of rotatable bonds is 4. The van der Waals surface area contributed by atoms with Crippen LogP contribution < -0.4 is 20.4 Å². The van der Waals surface area contributed by atoms with Crippen LogP contribution in [0.3, 0.4) is 0 Å². The Morgan fingerprint density at radius 2 is 1.72 bits per heavy atom. The molecule has 29 heavy (non-hydrogen) atoms. The molecule has 0 spiro atoms. The summed E-state index contributed by atoms with van der Waals surface area (Å²) in [6.45, 7) is 6.17. The molecule has 1 saturated carbocycles. The minimum Gasteiger partial charge on any atom is -0.360 e. The topological polar surface area (TPSA) is 56.3 Å². The molecule has 2 fully saturated rings. The molecule has 5 rings (SSSR count). The van der Waals surface area contributed by atoms with Gasteiger partial charge in [0, 0.05) is 38.3 Å². The summed E-state index contributed by atoms with van der Waals surface area (Å²) in [5.74, 6) is 3.23. The van der Waals surface area contributed by atoms with Gasteiger partial charge in [0.25, 0.3) is 0 Å². The molecule has 1 aliphatic carbocycles. The minimum absolute atomic E-state index is 0.508. The van der Waals surface area contributed by atoms with Gasteiger partial charge in [-0.3, -0.25) is 0 Å². The number of benzene rings is 1. The van der Waals surface area contributed by atoms with E-state index < -0.39 is 0 Å².